The van der Waals surface area contributed by atoms with E-state index in [4.69, 9.17) is 4.74 Å². The van der Waals surface area contributed by atoms with Crippen LogP contribution in [0, 0.1) is 0 Å². The number of hydrogen-bond acceptors (Lipinski definition) is 4. The van der Waals surface area contributed by atoms with Gasteiger partial charge in [-0.25, -0.2) is 8.42 Å². The van der Waals surface area contributed by atoms with E-state index in [9.17, 15) is 13.2 Å². The second-order valence-corrected chi connectivity index (χ2v) is 7.32. The van der Waals surface area contributed by atoms with Crippen molar-refractivity contribution in [3.05, 3.63) is 30.3 Å². The summed E-state index contributed by atoms with van der Waals surface area (Å²) < 4.78 is 31.9. The highest BCUT2D eigenvalue weighted by Crippen LogP contribution is 2.26. The predicted molar refractivity (Wildman–Crippen MR) is 87.5 cm³/mol. The molecular formula is C16H24N2O4S. The summed E-state index contributed by atoms with van der Waals surface area (Å²) in [6.07, 6.45) is 1.98. The predicted octanol–water partition coefficient (Wildman–Crippen LogP) is 1.38. The first kappa shape index (κ1) is 17.9. The Kier molecular flexibility index (Phi) is 6.56. The quantitative estimate of drug-likeness (QED) is 0.726. The molecule has 0 saturated carbocycles. The van der Waals surface area contributed by atoms with E-state index in [1.807, 2.05) is 6.92 Å². The van der Waals surface area contributed by atoms with Gasteiger partial charge in [0.05, 0.1) is 4.90 Å². The highest BCUT2D eigenvalue weighted by Gasteiger charge is 2.39. The van der Waals surface area contributed by atoms with Gasteiger partial charge < -0.3 is 10.1 Å². The number of hydrogen-bond donors (Lipinski definition) is 1. The lowest BCUT2D eigenvalue weighted by molar-refractivity contribution is -0.124. The Labute approximate surface area is 137 Å². The fourth-order valence-corrected chi connectivity index (χ4v) is 4.34. The molecule has 0 aliphatic carbocycles. The summed E-state index contributed by atoms with van der Waals surface area (Å²) in [6.45, 7) is 4.04. The van der Waals surface area contributed by atoms with Crippen LogP contribution in [-0.4, -0.2) is 51.0 Å². The van der Waals surface area contributed by atoms with Crippen LogP contribution >= 0.6 is 0 Å². The van der Waals surface area contributed by atoms with Gasteiger partial charge >= 0.3 is 0 Å². The number of nitrogens with one attached hydrogen (secondary N) is 1. The monoisotopic (exact) mass is 340 g/mol. The molecule has 1 aliphatic rings. The molecule has 0 aromatic heterocycles. The molecule has 7 heteroatoms. The Hall–Kier alpha value is -1.44. The van der Waals surface area contributed by atoms with Gasteiger partial charge in [0, 0.05) is 26.3 Å². The first-order valence-electron chi connectivity index (χ1n) is 7.99. The van der Waals surface area contributed by atoms with Crippen molar-refractivity contribution in [3.8, 4) is 0 Å². The van der Waals surface area contributed by atoms with Crippen LogP contribution < -0.4 is 5.32 Å². The van der Waals surface area contributed by atoms with Crippen molar-refractivity contribution in [3.63, 3.8) is 0 Å². The van der Waals surface area contributed by atoms with Crippen LogP contribution in [0.2, 0.25) is 0 Å². The van der Waals surface area contributed by atoms with Crippen molar-refractivity contribution >= 4 is 15.9 Å². The molecule has 1 aromatic carbocycles. The first-order chi connectivity index (χ1) is 11.1. The summed E-state index contributed by atoms with van der Waals surface area (Å²) in [5.74, 6) is -0.224. The third-order valence-corrected chi connectivity index (χ3v) is 5.75. The van der Waals surface area contributed by atoms with Crippen LogP contribution in [0.3, 0.4) is 0 Å². The van der Waals surface area contributed by atoms with E-state index >= 15 is 0 Å². The molecule has 1 saturated heterocycles. The van der Waals surface area contributed by atoms with Crippen molar-refractivity contribution in [2.45, 2.75) is 37.1 Å². The van der Waals surface area contributed by atoms with Gasteiger partial charge in [-0.1, -0.05) is 18.2 Å². The van der Waals surface area contributed by atoms with E-state index in [1.165, 1.54) is 4.31 Å². The molecule has 128 valence electrons. The van der Waals surface area contributed by atoms with Gasteiger partial charge in [0.15, 0.2) is 0 Å². The Bertz CT molecular complexity index is 604. The molecule has 0 spiro atoms. The van der Waals surface area contributed by atoms with Gasteiger partial charge in [-0.2, -0.15) is 4.31 Å². The van der Waals surface area contributed by atoms with Crippen molar-refractivity contribution in [1.82, 2.24) is 9.62 Å². The van der Waals surface area contributed by atoms with E-state index in [1.54, 1.807) is 30.3 Å². The number of rotatable bonds is 8. The Morgan fingerprint density at radius 1 is 1.35 bits per heavy atom. The van der Waals surface area contributed by atoms with E-state index in [2.05, 4.69) is 5.32 Å². The maximum Gasteiger partial charge on any atom is 0.243 e. The van der Waals surface area contributed by atoms with Crippen molar-refractivity contribution in [2.24, 2.45) is 0 Å². The lowest BCUT2D eigenvalue weighted by atomic mass is 10.2. The molecule has 1 amide bonds. The van der Waals surface area contributed by atoms with Crippen molar-refractivity contribution < 1.29 is 17.9 Å². The van der Waals surface area contributed by atoms with Crippen molar-refractivity contribution in [1.29, 1.82) is 0 Å². The SMILES string of the molecule is CCOCCCNC(=O)C1CCCN1S(=O)(=O)c1ccccc1. The molecule has 0 radical (unpaired) electrons. The molecule has 1 fully saturated rings. The minimum absolute atomic E-state index is 0.224. The average molecular weight is 340 g/mol. The Morgan fingerprint density at radius 3 is 2.78 bits per heavy atom. The number of nitrogens with zero attached hydrogens (tertiary/aromatic N) is 1. The highest BCUT2D eigenvalue weighted by atomic mass is 32.2. The number of amides is 1. The van der Waals surface area contributed by atoms with E-state index < -0.39 is 16.1 Å². The van der Waals surface area contributed by atoms with Crippen LogP contribution in [0.5, 0.6) is 0 Å². The summed E-state index contributed by atoms with van der Waals surface area (Å²) in [5.41, 5.74) is 0. The summed E-state index contributed by atoms with van der Waals surface area (Å²) in [7, 11) is -3.62. The summed E-state index contributed by atoms with van der Waals surface area (Å²) in [4.78, 5) is 12.5. The molecule has 0 bridgehead atoms. The number of ether oxygens (including phenoxy) is 1. The van der Waals surface area contributed by atoms with Gasteiger partial charge in [0.2, 0.25) is 15.9 Å². The maximum atomic E-state index is 12.7. The molecule has 23 heavy (non-hydrogen) atoms. The van der Waals surface area contributed by atoms with E-state index in [-0.39, 0.29) is 10.8 Å². The molecule has 6 nitrogen and oxygen atoms in total. The number of sulfonamides is 1. The van der Waals surface area contributed by atoms with Gasteiger partial charge in [-0.3, -0.25) is 4.79 Å². The van der Waals surface area contributed by atoms with Gasteiger partial charge in [0.25, 0.3) is 0 Å². The zero-order valence-electron chi connectivity index (χ0n) is 13.4. The standard InChI is InChI=1S/C16H24N2O4S/c1-2-22-13-7-11-17-16(19)15-10-6-12-18(15)23(20,21)14-8-4-3-5-9-14/h3-5,8-9,15H,2,6-7,10-13H2,1H3,(H,17,19). The van der Waals surface area contributed by atoms with Crippen LogP contribution in [0.25, 0.3) is 0 Å². The molecular weight excluding hydrogens is 316 g/mol. The minimum atomic E-state index is -3.62. The van der Waals surface area contributed by atoms with Gasteiger partial charge in [-0.15, -0.1) is 0 Å². The molecule has 1 heterocycles. The van der Waals surface area contributed by atoms with Gasteiger partial charge in [-0.05, 0) is 38.3 Å². The van der Waals surface area contributed by atoms with E-state index in [0.29, 0.717) is 39.1 Å². The highest BCUT2D eigenvalue weighted by molar-refractivity contribution is 7.89. The Morgan fingerprint density at radius 2 is 2.09 bits per heavy atom. The summed E-state index contributed by atoms with van der Waals surface area (Å²) >= 11 is 0. The third kappa shape index (κ3) is 4.53. The molecule has 1 N–H and O–H groups in total. The number of benzene rings is 1. The lowest BCUT2D eigenvalue weighted by Crippen LogP contribution is -2.46. The second-order valence-electron chi connectivity index (χ2n) is 5.43. The fourth-order valence-electron chi connectivity index (χ4n) is 2.67. The fraction of sp³-hybridized carbons (Fsp3) is 0.562. The maximum absolute atomic E-state index is 12.7. The van der Waals surface area contributed by atoms with Crippen molar-refractivity contribution in [2.75, 3.05) is 26.3 Å². The normalized spacial score (nSPS) is 18.9. The molecule has 1 aliphatic heterocycles. The molecule has 2 rings (SSSR count). The molecule has 1 atom stereocenters. The second kappa shape index (κ2) is 8.42. The first-order valence-corrected chi connectivity index (χ1v) is 9.43. The lowest BCUT2D eigenvalue weighted by Gasteiger charge is -2.23. The average Bonchev–Trinajstić information content (AvgIpc) is 3.06. The van der Waals surface area contributed by atoms with Crippen LogP contribution in [0.4, 0.5) is 0 Å². The summed E-state index contributed by atoms with van der Waals surface area (Å²) in [6, 6.07) is 7.64. The van der Waals surface area contributed by atoms with Crippen LogP contribution in [0.1, 0.15) is 26.2 Å². The number of carbonyl (C=O) groups excluding carboxylic acids is 1. The number of carbonyl (C=O) groups is 1. The zero-order chi connectivity index (χ0) is 16.7. The zero-order valence-corrected chi connectivity index (χ0v) is 14.2. The molecule has 1 unspecified atom stereocenters. The van der Waals surface area contributed by atoms with E-state index in [0.717, 1.165) is 6.42 Å². The topological polar surface area (TPSA) is 75.7 Å². The minimum Gasteiger partial charge on any atom is -0.382 e. The third-order valence-electron chi connectivity index (χ3n) is 3.82. The smallest absolute Gasteiger partial charge is 0.243 e. The largest absolute Gasteiger partial charge is 0.382 e. The van der Waals surface area contributed by atoms with Crippen LogP contribution in [-0.2, 0) is 19.6 Å². The summed E-state index contributed by atoms with van der Waals surface area (Å²) in [5, 5.41) is 2.81. The Balaban J connectivity index is 1.98. The van der Waals surface area contributed by atoms with Crippen LogP contribution in [0.15, 0.2) is 35.2 Å². The van der Waals surface area contributed by atoms with Gasteiger partial charge in [0.1, 0.15) is 6.04 Å². The molecule has 1 aromatic rings.